The number of aromatic nitrogens is 4. The maximum Gasteiger partial charge on any atom is 0.227 e. The van der Waals surface area contributed by atoms with E-state index in [4.69, 9.17) is 14.2 Å². The summed E-state index contributed by atoms with van der Waals surface area (Å²) in [7, 11) is 2.58. The zero-order valence-electron chi connectivity index (χ0n) is 19.1. The van der Waals surface area contributed by atoms with Gasteiger partial charge < -0.3 is 24.8 Å². The fourth-order valence-electron chi connectivity index (χ4n) is 3.53. The normalized spacial score (nSPS) is 14.1. The van der Waals surface area contributed by atoms with Gasteiger partial charge in [-0.15, -0.1) is 0 Å². The van der Waals surface area contributed by atoms with Crippen LogP contribution in [0.5, 0.6) is 17.2 Å². The van der Waals surface area contributed by atoms with E-state index >= 15 is 0 Å². The molecule has 1 fully saturated rings. The molecule has 0 amide bonds. The molecule has 2 N–H and O–H groups in total. The number of hydrogen-bond donors (Lipinski definition) is 2. The summed E-state index contributed by atoms with van der Waals surface area (Å²) >= 11 is 0. The summed E-state index contributed by atoms with van der Waals surface area (Å²) in [6.07, 6.45) is 6.42. The van der Waals surface area contributed by atoms with Gasteiger partial charge in [0.2, 0.25) is 5.95 Å². The summed E-state index contributed by atoms with van der Waals surface area (Å²) in [6.45, 7) is 5.45. The maximum absolute atomic E-state index is 14.5. The summed E-state index contributed by atoms with van der Waals surface area (Å²) in [6, 6.07) is 1.14. The lowest BCUT2D eigenvalue weighted by Gasteiger charge is -2.26. The van der Waals surface area contributed by atoms with E-state index in [-0.39, 0.29) is 29.4 Å². The smallest absolute Gasteiger partial charge is 0.227 e. The van der Waals surface area contributed by atoms with E-state index in [0.717, 1.165) is 51.0 Å². The Hall–Kier alpha value is -3.51. The average molecular weight is 476 g/mol. The molecule has 0 saturated carbocycles. The van der Waals surface area contributed by atoms with Gasteiger partial charge >= 0.3 is 0 Å². The average Bonchev–Trinajstić information content (AvgIpc) is 3.32. The van der Waals surface area contributed by atoms with Crippen LogP contribution in [0.2, 0.25) is 0 Å². The highest BCUT2D eigenvalue weighted by Crippen LogP contribution is 2.32. The molecule has 0 radical (unpaired) electrons. The SMILES string of the molecule is COc1cc(OC)c(F)c(COc2cnc(Nc3cnn(CCN4CCNCC4)c3)nc2)c1F. The van der Waals surface area contributed by atoms with Gasteiger partial charge in [0.25, 0.3) is 0 Å². The van der Waals surface area contributed by atoms with Gasteiger partial charge in [-0.2, -0.15) is 5.10 Å². The summed E-state index contributed by atoms with van der Waals surface area (Å²) < 4.78 is 46.2. The van der Waals surface area contributed by atoms with E-state index in [2.05, 4.69) is 30.6 Å². The number of benzene rings is 1. The van der Waals surface area contributed by atoms with Crippen molar-refractivity contribution in [3.63, 3.8) is 0 Å². The number of nitrogens with one attached hydrogen (secondary N) is 2. The molecule has 12 heteroatoms. The monoisotopic (exact) mass is 475 g/mol. The lowest BCUT2D eigenvalue weighted by atomic mass is 10.1. The van der Waals surface area contributed by atoms with E-state index in [1.165, 1.54) is 26.6 Å². The van der Waals surface area contributed by atoms with Gasteiger partial charge in [-0.05, 0) is 0 Å². The molecule has 1 saturated heterocycles. The number of halogens is 2. The third kappa shape index (κ3) is 5.69. The Kier molecular flexibility index (Phi) is 7.70. The minimum Gasteiger partial charge on any atom is -0.494 e. The first-order valence-electron chi connectivity index (χ1n) is 10.8. The molecular weight excluding hydrogens is 448 g/mol. The molecule has 1 aromatic carbocycles. The van der Waals surface area contributed by atoms with E-state index < -0.39 is 11.6 Å². The molecule has 34 heavy (non-hydrogen) atoms. The molecule has 182 valence electrons. The summed E-state index contributed by atoms with van der Waals surface area (Å²) in [5.74, 6) is -1.39. The quantitative estimate of drug-likeness (QED) is 0.457. The Balaban J connectivity index is 1.32. The molecular formula is C22H27F2N7O3. The zero-order valence-corrected chi connectivity index (χ0v) is 19.1. The Morgan fingerprint density at radius 1 is 1.00 bits per heavy atom. The second-order valence-electron chi connectivity index (χ2n) is 7.63. The number of rotatable bonds is 10. The Morgan fingerprint density at radius 3 is 2.32 bits per heavy atom. The number of anilines is 2. The van der Waals surface area contributed by atoms with Crippen LogP contribution in [0.3, 0.4) is 0 Å². The highest BCUT2D eigenvalue weighted by atomic mass is 19.1. The number of piperazine rings is 1. The molecule has 3 aromatic rings. The minimum atomic E-state index is -0.853. The number of nitrogens with zero attached hydrogens (tertiary/aromatic N) is 5. The molecule has 3 heterocycles. The van der Waals surface area contributed by atoms with Crippen LogP contribution in [0.4, 0.5) is 20.4 Å². The number of ether oxygens (including phenoxy) is 3. The van der Waals surface area contributed by atoms with Crippen LogP contribution in [-0.4, -0.2) is 71.6 Å². The predicted octanol–water partition coefficient (Wildman–Crippen LogP) is 2.20. The van der Waals surface area contributed by atoms with Crippen molar-refractivity contribution in [1.29, 1.82) is 0 Å². The summed E-state index contributed by atoms with van der Waals surface area (Å²) in [5.41, 5.74) is 0.438. The molecule has 0 atom stereocenters. The standard InChI is InChI=1S/C22H27F2N7O3/c1-32-18-9-19(33-2)21(24)17(20(18)23)14-34-16-11-26-22(27-12-16)29-15-10-28-31(13-15)8-7-30-5-3-25-4-6-30/h9-13,25H,3-8,14H2,1-2H3,(H,26,27,29). The lowest BCUT2D eigenvalue weighted by molar-refractivity contribution is 0.229. The molecule has 0 spiro atoms. The first-order chi connectivity index (χ1) is 16.6. The summed E-state index contributed by atoms with van der Waals surface area (Å²) in [5, 5.41) is 10.8. The first kappa shape index (κ1) is 23.6. The molecule has 2 aromatic heterocycles. The molecule has 0 aliphatic carbocycles. The van der Waals surface area contributed by atoms with Crippen LogP contribution in [-0.2, 0) is 13.2 Å². The van der Waals surface area contributed by atoms with E-state index in [1.54, 1.807) is 6.20 Å². The van der Waals surface area contributed by atoms with Crippen molar-refractivity contribution in [2.24, 2.45) is 0 Å². The highest BCUT2D eigenvalue weighted by molar-refractivity contribution is 5.50. The predicted molar refractivity (Wildman–Crippen MR) is 121 cm³/mol. The first-order valence-corrected chi connectivity index (χ1v) is 10.8. The molecule has 4 rings (SSSR count). The zero-order chi connectivity index (χ0) is 23.9. The van der Waals surface area contributed by atoms with Crippen molar-refractivity contribution in [3.05, 3.63) is 48.1 Å². The Labute approximate surface area is 195 Å². The van der Waals surface area contributed by atoms with E-state index in [1.807, 2.05) is 10.9 Å². The van der Waals surface area contributed by atoms with Crippen molar-refractivity contribution in [2.45, 2.75) is 13.2 Å². The van der Waals surface area contributed by atoms with Gasteiger partial charge in [0.15, 0.2) is 28.9 Å². The molecule has 0 bridgehead atoms. The molecule has 1 aliphatic heterocycles. The topological polar surface area (TPSA) is 98.6 Å². The third-order valence-electron chi connectivity index (χ3n) is 5.42. The van der Waals surface area contributed by atoms with Crippen LogP contribution in [0.15, 0.2) is 30.9 Å². The summed E-state index contributed by atoms with van der Waals surface area (Å²) in [4.78, 5) is 10.8. The fraction of sp³-hybridized carbons (Fsp3) is 0.409. The molecule has 10 nitrogen and oxygen atoms in total. The van der Waals surface area contributed by atoms with Crippen molar-refractivity contribution in [3.8, 4) is 17.2 Å². The Morgan fingerprint density at radius 2 is 1.68 bits per heavy atom. The van der Waals surface area contributed by atoms with E-state index in [0.29, 0.717) is 5.95 Å². The van der Waals surface area contributed by atoms with E-state index in [9.17, 15) is 8.78 Å². The van der Waals surface area contributed by atoms with Crippen molar-refractivity contribution in [1.82, 2.24) is 30.0 Å². The minimum absolute atomic E-state index is 0.138. The fourth-order valence-corrected chi connectivity index (χ4v) is 3.53. The van der Waals surface area contributed by atoms with Crippen molar-refractivity contribution >= 4 is 11.6 Å². The van der Waals surface area contributed by atoms with Crippen molar-refractivity contribution < 1.29 is 23.0 Å². The van der Waals surface area contributed by atoms with Crippen LogP contribution in [0, 0.1) is 11.6 Å². The largest absolute Gasteiger partial charge is 0.494 e. The highest BCUT2D eigenvalue weighted by Gasteiger charge is 2.20. The molecule has 0 unspecified atom stereocenters. The van der Waals surface area contributed by atoms with Crippen LogP contribution < -0.4 is 24.8 Å². The van der Waals surface area contributed by atoms with Gasteiger partial charge in [-0.25, -0.2) is 18.7 Å². The van der Waals surface area contributed by atoms with Gasteiger partial charge in [-0.3, -0.25) is 9.58 Å². The number of methoxy groups -OCH3 is 2. The second-order valence-corrected chi connectivity index (χ2v) is 7.63. The maximum atomic E-state index is 14.5. The van der Waals surface area contributed by atoms with Gasteiger partial charge in [0, 0.05) is 45.0 Å². The van der Waals surface area contributed by atoms with Crippen LogP contribution >= 0.6 is 0 Å². The van der Waals surface area contributed by atoms with Gasteiger partial charge in [-0.1, -0.05) is 0 Å². The van der Waals surface area contributed by atoms with Crippen LogP contribution in [0.25, 0.3) is 0 Å². The van der Waals surface area contributed by atoms with Crippen LogP contribution in [0.1, 0.15) is 5.56 Å². The van der Waals surface area contributed by atoms with Gasteiger partial charge in [0.1, 0.15) is 6.61 Å². The van der Waals surface area contributed by atoms with Crippen molar-refractivity contribution in [2.75, 3.05) is 52.3 Å². The number of hydrogen-bond acceptors (Lipinski definition) is 9. The second kappa shape index (κ2) is 11.1. The molecule has 1 aliphatic rings. The lowest BCUT2D eigenvalue weighted by Crippen LogP contribution is -2.44. The third-order valence-corrected chi connectivity index (χ3v) is 5.42. The van der Waals surface area contributed by atoms with Gasteiger partial charge in [0.05, 0.1) is 50.6 Å². The Bertz CT molecular complexity index is 1060.